The molecule has 25 heavy (non-hydrogen) atoms. The van der Waals surface area contributed by atoms with Crippen molar-refractivity contribution < 1.29 is 0 Å². The van der Waals surface area contributed by atoms with Gasteiger partial charge in [0, 0.05) is 31.7 Å². The van der Waals surface area contributed by atoms with E-state index in [0.29, 0.717) is 0 Å². The number of nitrogens with one attached hydrogen (secondary N) is 3. The summed E-state index contributed by atoms with van der Waals surface area (Å²) in [7, 11) is 1.80. The van der Waals surface area contributed by atoms with Gasteiger partial charge in [-0.2, -0.15) is 0 Å². The second kappa shape index (κ2) is 9.23. The maximum atomic E-state index is 4.31. The Balaban J connectivity index is 1.82. The SMILES string of the molecule is CN=C(NCc1ccccc1)NCC(C)(C)NC(C)c1ccccc1. The van der Waals surface area contributed by atoms with Gasteiger partial charge in [0.1, 0.15) is 0 Å². The fraction of sp³-hybridized carbons (Fsp3) is 0.381. The molecular formula is C21H30N4. The van der Waals surface area contributed by atoms with Gasteiger partial charge in [0.15, 0.2) is 5.96 Å². The Hall–Kier alpha value is -2.33. The first kappa shape index (κ1) is 19.0. The molecular weight excluding hydrogens is 308 g/mol. The van der Waals surface area contributed by atoms with E-state index in [2.05, 4.69) is 78.1 Å². The van der Waals surface area contributed by atoms with E-state index in [9.17, 15) is 0 Å². The maximum absolute atomic E-state index is 4.31. The smallest absolute Gasteiger partial charge is 0.191 e. The van der Waals surface area contributed by atoms with Crippen LogP contribution >= 0.6 is 0 Å². The first-order valence-corrected chi connectivity index (χ1v) is 8.81. The highest BCUT2D eigenvalue weighted by Crippen LogP contribution is 2.15. The molecule has 134 valence electrons. The lowest BCUT2D eigenvalue weighted by molar-refractivity contribution is 0.345. The minimum absolute atomic E-state index is 0.0698. The Bertz CT molecular complexity index is 650. The second-order valence-electron chi connectivity index (χ2n) is 6.93. The molecule has 2 aromatic carbocycles. The molecule has 0 aliphatic rings. The zero-order valence-electron chi connectivity index (χ0n) is 15.7. The Morgan fingerprint density at radius 1 is 0.960 bits per heavy atom. The van der Waals surface area contributed by atoms with Crippen LogP contribution in [0.3, 0.4) is 0 Å². The number of guanidine groups is 1. The van der Waals surface area contributed by atoms with Crippen LogP contribution in [0, 0.1) is 0 Å². The van der Waals surface area contributed by atoms with E-state index in [4.69, 9.17) is 0 Å². The zero-order valence-corrected chi connectivity index (χ0v) is 15.7. The third-order valence-corrected chi connectivity index (χ3v) is 4.13. The van der Waals surface area contributed by atoms with Gasteiger partial charge in [0.05, 0.1) is 0 Å². The highest BCUT2D eigenvalue weighted by Gasteiger charge is 2.21. The fourth-order valence-corrected chi connectivity index (χ4v) is 2.77. The van der Waals surface area contributed by atoms with Crippen LogP contribution in [0.15, 0.2) is 65.7 Å². The average Bonchev–Trinajstić information content (AvgIpc) is 2.63. The molecule has 4 nitrogen and oxygen atoms in total. The van der Waals surface area contributed by atoms with Gasteiger partial charge in [-0.05, 0) is 31.9 Å². The van der Waals surface area contributed by atoms with Crippen molar-refractivity contribution in [2.24, 2.45) is 4.99 Å². The molecule has 0 bridgehead atoms. The summed E-state index contributed by atoms with van der Waals surface area (Å²) in [6.07, 6.45) is 0. The van der Waals surface area contributed by atoms with Gasteiger partial charge in [-0.15, -0.1) is 0 Å². The summed E-state index contributed by atoms with van der Waals surface area (Å²) in [5.74, 6) is 0.811. The molecule has 0 aromatic heterocycles. The van der Waals surface area contributed by atoms with Crippen molar-refractivity contribution in [2.45, 2.75) is 38.9 Å². The highest BCUT2D eigenvalue weighted by atomic mass is 15.2. The molecule has 2 rings (SSSR count). The zero-order chi connectivity index (χ0) is 18.1. The van der Waals surface area contributed by atoms with Gasteiger partial charge in [-0.25, -0.2) is 0 Å². The predicted octanol–water partition coefficient (Wildman–Crippen LogP) is 3.48. The average molecular weight is 338 g/mol. The normalized spacial score (nSPS) is 13.4. The van der Waals surface area contributed by atoms with Crippen LogP contribution in [0.4, 0.5) is 0 Å². The molecule has 0 saturated heterocycles. The lowest BCUT2D eigenvalue weighted by atomic mass is 10.0. The van der Waals surface area contributed by atoms with E-state index in [1.807, 2.05) is 24.3 Å². The van der Waals surface area contributed by atoms with Crippen LogP contribution in [0.2, 0.25) is 0 Å². The lowest BCUT2D eigenvalue weighted by Crippen LogP contribution is -2.52. The molecule has 0 heterocycles. The molecule has 0 fully saturated rings. The minimum Gasteiger partial charge on any atom is -0.355 e. The lowest BCUT2D eigenvalue weighted by Gasteiger charge is -2.31. The standard InChI is InChI=1S/C21H30N4/c1-17(19-13-9-6-10-14-19)25-21(2,3)16-24-20(22-4)23-15-18-11-7-5-8-12-18/h5-14,17,25H,15-16H2,1-4H3,(H2,22,23,24). The van der Waals surface area contributed by atoms with Gasteiger partial charge < -0.3 is 16.0 Å². The van der Waals surface area contributed by atoms with Crippen LogP contribution in [0.25, 0.3) is 0 Å². The summed E-state index contributed by atoms with van der Waals surface area (Å²) in [4.78, 5) is 4.31. The van der Waals surface area contributed by atoms with Crippen LogP contribution in [-0.4, -0.2) is 25.1 Å². The van der Waals surface area contributed by atoms with Crippen LogP contribution in [0.1, 0.15) is 37.9 Å². The van der Waals surface area contributed by atoms with E-state index < -0.39 is 0 Å². The van der Waals surface area contributed by atoms with E-state index >= 15 is 0 Å². The molecule has 0 saturated carbocycles. The van der Waals surface area contributed by atoms with Crippen molar-refractivity contribution in [1.29, 1.82) is 0 Å². The number of hydrogen-bond acceptors (Lipinski definition) is 2. The number of nitrogens with zero attached hydrogens (tertiary/aromatic N) is 1. The van der Waals surface area contributed by atoms with Crippen molar-refractivity contribution in [3.63, 3.8) is 0 Å². The summed E-state index contributed by atoms with van der Waals surface area (Å²) in [5.41, 5.74) is 2.46. The van der Waals surface area contributed by atoms with Gasteiger partial charge in [-0.3, -0.25) is 4.99 Å². The first-order valence-electron chi connectivity index (χ1n) is 8.81. The van der Waals surface area contributed by atoms with E-state index in [0.717, 1.165) is 19.0 Å². The van der Waals surface area contributed by atoms with Gasteiger partial charge >= 0.3 is 0 Å². The van der Waals surface area contributed by atoms with Crippen LogP contribution in [-0.2, 0) is 6.54 Å². The summed E-state index contributed by atoms with van der Waals surface area (Å²) in [5, 5.41) is 10.4. The molecule has 0 aliphatic heterocycles. The van der Waals surface area contributed by atoms with Crippen molar-refractivity contribution >= 4 is 5.96 Å². The molecule has 0 spiro atoms. The minimum atomic E-state index is -0.0698. The largest absolute Gasteiger partial charge is 0.355 e. The number of hydrogen-bond donors (Lipinski definition) is 3. The van der Waals surface area contributed by atoms with Crippen LogP contribution in [0.5, 0.6) is 0 Å². The first-order chi connectivity index (χ1) is 12.0. The Labute approximate surface area is 151 Å². The van der Waals surface area contributed by atoms with Crippen molar-refractivity contribution in [3.8, 4) is 0 Å². The quantitative estimate of drug-likeness (QED) is 0.535. The third-order valence-electron chi connectivity index (χ3n) is 4.13. The van der Waals surface area contributed by atoms with E-state index in [-0.39, 0.29) is 11.6 Å². The Kier molecular flexibility index (Phi) is 7.02. The van der Waals surface area contributed by atoms with Crippen molar-refractivity contribution in [3.05, 3.63) is 71.8 Å². The van der Waals surface area contributed by atoms with Gasteiger partial charge in [-0.1, -0.05) is 60.7 Å². The maximum Gasteiger partial charge on any atom is 0.191 e. The molecule has 0 aliphatic carbocycles. The topological polar surface area (TPSA) is 48.5 Å². The Morgan fingerprint density at radius 3 is 2.16 bits per heavy atom. The van der Waals surface area contributed by atoms with E-state index in [1.54, 1.807) is 7.05 Å². The van der Waals surface area contributed by atoms with E-state index in [1.165, 1.54) is 11.1 Å². The number of rotatable bonds is 7. The molecule has 2 aromatic rings. The molecule has 1 unspecified atom stereocenters. The molecule has 0 radical (unpaired) electrons. The Morgan fingerprint density at radius 2 is 1.56 bits per heavy atom. The highest BCUT2D eigenvalue weighted by molar-refractivity contribution is 5.79. The monoisotopic (exact) mass is 338 g/mol. The molecule has 1 atom stereocenters. The summed E-state index contributed by atoms with van der Waals surface area (Å²) < 4.78 is 0. The molecule has 0 amide bonds. The van der Waals surface area contributed by atoms with Gasteiger partial charge in [0.2, 0.25) is 0 Å². The fourth-order valence-electron chi connectivity index (χ4n) is 2.77. The van der Waals surface area contributed by atoms with Crippen molar-refractivity contribution in [1.82, 2.24) is 16.0 Å². The second-order valence-corrected chi connectivity index (χ2v) is 6.93. The molecule has 4 heteroatoms. The summed E-state index contributed by atoms with van der Waals surface area (Å²) >= 11 is 0. The number of benzene rings is 2. The molecule has 3 N–H and O–H groups in total. The summed E-state index contributed by atoms with van der Waals surface area (Å²) in [6.45, 7) is 8.13. The van der Waals surface area contributed by atoms with Crippen LogP contribution < -0.4 is 16.0 Å². The third kappa shape index (κ3) is 6.59. The predicted molar refractivity (Wildman–Crippen MR) is 107 cm³/mol. The summed E-state index contributed by atoms with van der Waals surface area (Å²) in [6, 6.07) is 21.1. The number of aliphatic imine (C=N–C) groups is 1. The van der Waals surface area contributed by atoms with Crippen molar-refractivity contribution in [2.75, 3.05) is 13.6 Å². The van der Waals surface area contributed by atoms with Gasteiger partial charge in [0.25, 0.3) is 0 Å².